The van der Waals surface area contributed by atoms with Crippen molar-refractivity contribution < 1.29 is 0 Å². The second-order valence-electron chi connectivity index (χ2n) is 2.14. The smallest absolute Gasteiger partial charge is 0.0861 e. The molecular weight excluding hydrogens is 172 g/mol. The number of nitrogens with one attached hydrogen (secondary N) is 1. The minimum absolute atomic E-state index is 0.615. The molecule has 0 amide bonds. The fourth-order valence-electron chi connectivity index (χ4n) is 0.487. The van der Waals surface area contributed by atoms with Crippen LogP contribution in [0.5, 0.6) is 0 Å². The van der Waals surface area contributed by atoms with Crippen LogP contribution in [0, 0.1) is 0 Å². The second kappa shape index (κ2) is 6.68. The number of hydrogen-bond acceptors (Lipinski definition) is 1. The zero-order valence-corrected chi connectivity index (χ0v) is 8.10. The van der Waals surface area contributed by atoms with Crippen LogP contribution in [0.3, 0.4) is 0 Å². The Morgan fingerprint density at radius 3 is 2.67 bits per heavy atom. The molecule has 0 radical (unpaired) electrons. The molecule has 0 fully saturated rings. The molecular formula is C9H13ClN2. The van der Waals surface area contributed by atoms with Crippen molar-refractivity contribution in [2.24, 2.45) is 4.99 Å². The van der Waals surface area contributed by atoms with E-state index in [1.54, 1.807) is 25.5 Å². The van der Waals surface area contributed by atoms with E-state index in [9.17, 15) is 0 Å². The van der Waals surface area contributed by atoms with Crippen LogP contribution in [0.1, 0.15) is 6.92 Å². The van der Waals surface area contributed by atoms with Crippen LogP contribution in [-0.4, -0.2) is 13.4 Å². The summed E-state index contributed by atoms with van der Waals surface area (Å²) in [6.07, 6.45) is 6.81. The quantitative estimate of drug-likeness (QED) is 0.405. The molecule has 1 N–H and O–H groups in total. The Morgan fingerprint density at radius 1 is 1.50 bits per heavy atom. The lowest BCUT2D eigenvalue weighted by Crippen LogP contribution is -2.06. The largest absolute Gasteiger partial charge is 0.350 e. The van der Waals surface area contributed by atoms with Gasteiger partial charge in [0.25, 0.3) is 0 Å². The Balaban J connectivity index is 4.08. The van der Waals surface area contributed by atoms with Crippen LogP contribution in [0.15, 0.2) is 40.5 Å². The highest BCUT2D eigenvalue weighted by molar-refractivity contribution is 6.31. The molecule has 0 saturated heterocycles. The topological polar surface area (TPSA) is 24.4 Å². The summed E-state index contributed by atoms with van der Waals surface area (Å²) in [5, 5.41) is 3.56. The zero-order chi connectivity index (χ0) is 9.40. The van der Waals surface area contributed by atoms with Crippen LogP contribution in [-0.2, 0) is 0 Å². The van der Waals surface area contributed by atoms with E-state index < -0.39 is 0 Å². The Morgan fingerprint density at radius 2 is 2.17 bits per heavy atom. The van der Waals surface area contributed by atoms with Gasteiger partial charge in [0, 0.05) is 17.8 Å². The SMILES string of the molecule is C=C/C(Cl)=C\C=C(/C)N/C=N\C. The van der Waals surface area contributed by atoms with E-state index in [0.717, 1.165) is 5.70 Å². The van der Waals surface area contributed by atoms with Gasteiger partial charge in [-0.3, -0.25) is 4.99 Å². The molecule has 0 rings (SSSR count). The van der Waals surface area contributed by atoms with Gasteiger partial charge in [0.2, 0.25) is 0 Å². The van der Waals surface area contributed by atoms with Gasteiger partial charge >= 0.3 is 0 Å². The number of hydrogen-bond donors (Lipinski definition) is 1. The first-order chi connectivity index (χ1) is 5.70. The van der Waals surface area contributed by atoms with Gasteiger partial charge in [-0.25, -0.2) is 0 Å². The van der Waals surface area contributed by atoms with Gasteiger partial charge in [0.15, 0.2) is 0 Å². The molecule has 0 aliphatic carbocycles. The van der Waals surface area contributed by atoms with E-state index in [1.165, 1.54) is 0 Å². The molecule has 0 unspecified atom stereocenters. The van der Waals surface area contributed by atoms with E-state index in [4.69, 9.17) is 11.6 Å². The number of nitrogens with zero attached hydrogens (tertiary/aromatic N) is 1. The van der Waals surface area contributed by atoms with Crippen LogP contribution >= 0.6 is 11.6 Å². The zero-order valence-electron chi connectivity index (χ0n) is 7.34. The fraction of sp³-hybridized carbons (Fsp3) is 0.222. The summed E-state index contributed by atoms with van der Waals surface area (Å²) in [5.41, 5.74) is 0.973. The Kier molecular flexibility index (Phi) is 6.11. The molecule has 0 aliphatic heterocycles. The molecule has 0 spiro atoms. The van der Waals surface area contributed by atoms with Crippen molar-refractivity contribution in [2.45, 2.75) is 6.92 Å². The Bertz CT molecular complexity index is 227. The Labute approximate surface area is 78.3 Å². The van der Waals surface area contributed by atoms with Gasteiger partial charge in [-0.1, -0.05) is 24.3 Å². The van der Waals surface area contributed by atoms with E-state index in [-0.39, 0.29) is 0 Å². The lowest BCUT2D eigenvalue weighted by Gasteiger charge is -1.95. The number of aliphatic imine (C=N–C) groups is 1. The molecule has 0 aromatic carbocycles. The first-order valence-electron chi connectivity index (χ1n) is 3.54. The lowest BCUT2D eigenvalue weighted by molar-refractivity contribution is 1.13. The minimum atomic E-state index is 0.615. The van der Waals surface area contributed by atoms with Crippen LogP contribution in [0.4, 0.5) is 0 Å². The number of allylic oxidation sites excluding steroid dienone is 5. The third kappa shape index (κ3) is 5.74. The summed E-state index contributed by atoms with van der Waals surface area (Å²) in [6.45, 7) is 5.45. The predicted molar refractivity (Wildman–Crippen MR) is 55.4 cm³/mol. The van der Waals surface area contributed by atoms with Crippen LogP contribution in [0.2, 0.25) is 0 Å². The molecule has 0 aliphatic rings. The summed E-state index contributed by atoms with van der Waals surface area (Å²) < 4.78 is 0. The van der Waals surface area contributed by atoms with Gasteiger partial charge < -0.3 is 5.32 Å². The van der Waals surface area contributed by atoms with E-state index in [2.05, 4.69) is 16.9 Å². The van der Waals surface area contributed by atoms with Gasteiger partial charge in [0.05, 0.1) is 6.34 Å². The van der Waals surface area contributed by atoms with Crippen LogP contribution < -0.4 is 5.32 Å². The average Bonchev–Trinajstić information content (AvgIpc) is 2.10. The first kappa shape index (κ1) is 11.0. The van der Waals surface area contributed by atoms with Crippen molar-refractivity contribution in [1.82, 2.24) is 5.32 Å². The van der Waals surface area contributed by atoms with E-state index in [1.807, 2.05) is 13.0 Å². The Hall–Kier alpha value is -1.02. The van der Waals surface area contributed by atoms with Crippen molar-refractivity contribution in [3.63, 3.8) is 0 Å². The highest BCUT2D eigenvalue weighted by Gasteiger charge is 1.82. The maximum atomic E-state index is 5.68. The van der Waals surface area contributed by atoms with E-state index >= 15 is 0 Å². The van der Waals surface area contributed by atoms with Crippen molar-refractivity contribution >= 4 is 17.9 Å². The molecule has 0 aromatic rings. The lowest BCUT2D eigenvalue weighted by atomic mass is 10.4. The van der Waals surface area contributed by atoms with Crippen molar-refractivity contribution in [3.8, 4) is 0 Å². The molecule has 12 heavy (non-hydrogen) atoms. The van der Waals surface area contributed by atoms with Gasteiger partial charge in [-0.2, -0.15) is 0 Å². The highest BCUT2D eigenvalue weighted by atomic mass is 35.5. The van der Waals surface area contributed by atoms with Crippen molar-refractivity contribution in [3.05, 3.63) is 35.5 Å². The third-order valence-electron chi connectivity index (χ3n) is 1.11. The van der Waals surface area contributed by atoms with Crippen molar-refractivity contribution in [2.75, 3.05) is 7.05 Å². The normalized spacial score (nSPS) is 13.6. The summed E-state index contributed by atoms with van der Waals surface area (Å²) in [4.78, 5) is 3.77. The third-order valence-corrected chi connectivity index (χ3v) is 1.39. The number of rotatable bonds is 4. The number of halogens is 1. The molecule has 0 saturated carbocycles. The minimum Gasteiger partial charge on any atom is -0.350 e. The maximum absolute atomic E-state index is 5.68. The first-order valence-corrected chi connectivity index (χ1v) is 3.92. The monoisotopic (exact) mass is 184 g/mol. The molecule has 0 atom stereocenters. The molecule has 0 aromatic heterocycles. The summed E-state index contributed by atoms with van der Waals surface area (Å²) >= 11 is 5.68. The summed E-state index contributed by atoms with van der Waals surface area (Å²) in [7, 11) is 1.70. The standard InChI is InChI=1S/C9H13ClN2/c1-4-9(10)6-5-8(2)12-7-11-3/h4-7H,1H2,2-3H3,(H,11,12)/b8-5+,9-6+. The van der Waals surface area contributed by atoms with Gasteiger partial charge in [0.1, 0.15) is 0 Å². The van der Waals surface area contributed by atoms with Crippen molar-refractivity contribution in [1.29, 1.82) is 0 Å². The van der Waals surface area contributed by atoms with Gasteiger partial charge in [-0.15, -0.1) is 0 Å². The molecule has 0 heterocycles. The second-order valence-corrected chi connectivity index (χ2v) is 2.57. The molecule has 66 valence electrons. The van der Waals surface area contributed by atoms with Gasteiger partial charge in [-0.05, 0) is 19.1 Å². The predicted octanol–water partition coefficient (Wildman–Crippen LogP) is 2.45. The fourth-order valence-corrected chi connectivity index (χ4v) is 0.550. The average molecular weight is 185 g/mol. The molecule has 3 heteroatoms. The summed E-state index contributed by atoms with van der Waals surface area (Å²) in [6, 6.07) is 0. The summed E-state index contributed by atoms with van der Waals surface area (Å²) in [5.74, 6) is 0. The van der Waals surface area contributed by atoms with E-state index in [0.29, 0.717) is 5.03 Å². The van der Waals surface area contributed by atoms with Crippen LogP contribution in [0.25, 0.3) is 0 Å². The molecule has 2 nitrogen and oxygen atoms in total. The highest BCUT2D eigenvalue weighted by Crippen LogP contribution is 2.01. The maximum Gasteiger partial charge on any atom is 0.0861 e. The molecule has 0 bridgehead atoms.